The van der Waals surface area contributed by atoms with Gasteiger partial charge in [-0.15, -0.1) is 11.3 Å². The van der Waals surface area contributed by atoms with Gasteiger partial charge in [-0.05, 0) is 18.4 Å². The van der Waals surface area contributed by atoms with Crippen LogP contribution in [-0.4, -0.2) is 52.3 Å². The standard InChI is InChI=1S/C27H30N6O5S/c1-4-14(2)21-27-32-20(13-39-27)24(36)29-17(10-16-8-6-5-7-9-16)26-31-18(12-38-26)22(34)28-15(3)25-30-19(11-37-25)23(35)33-21/h5-9,11,13-15,17-18,21H,4,10,12H2,1-3H3,(H,28,34)(H,29,36)(H,33,35). The van der Waals surface area contributed by atoms with E-state index in [4.69, 9.17) is 9.15 Å². The van der Waals surface area contributed by atoms with Crippen molar-refractivity contribution in [2.24, 2.45) is 10.9 Å². The molecule has 2 aliphatic heterocycles. The second-order valence-corrected chi connectivity index (χ2v) is 10.6. The molecule has 0 saturated heterocycles. The molecular weight excluding hydrogens is 520 g/mol. The van der Waals surface area contributed by atoms with Crippen molar-refractivity contribution in [3.05, 3.63) is 69.8 Å². The number of fused-ring (bicyclic) bond motifs is 5. The molecule has 0 aliphatic carbocycles. The third-order valence-electron chi connectivity index (χ3n) is 6.86. The Morgan fingerprint density at radius 1 is 1.05 bits per heavy atom. The van der Waals surface area contributed by atoms with Crippen molar-refractivity contribution < 1.29 is 23.5 Å². The first-order valence-electron chi connectivity index (χ1n) is 12.9. The molecule has 0 fully saturated rings. The van der Waals surface area contributed by atoms with Crippen LogP contribution in [0.4, 0.5) is 0 Å². The van der Waals surface area contributed by atoms with Crippen molar-refractivity contribution in [3.8, 4) is 0 Å². The Balaban J connectivity index is 1.51. The van der Waals surface area contributed by atoms with Crippen LogP contribution in [0.1, 0.15) is 76.7 Å². The van der Waals surface area contributed by atoms with Gasteiger partial charge in [0.05, 0.1) is 6.04 Å². The van der Waals surface area contributed by atoms with Gasteiger partial charge in [0.1, 0.15) is 35.7 Å². The van der Waals surface area contributed by atoms with Crippen molar-refractivity contribution in [3.63, 3.8) is 0 Å². The molecule has 5 rings (SSSR count). The summed E-state index contributed by atoms with van der Waals surface area (Å²) < 4.78 is 11.3. The largest absolute Gasteiger partial charge is 0.477 e. The number of amides is 3. The second kappa shape index (κ2) is 11.4. The van der Waals surface area contributed by atoms with Gasteiger partial charge in [-0.1, -0.05) is 50.6 Å². The van der Waals surface area contributed by atoms with Gasteiger partial charge < -0.3 is 25.1 Å². The lowest BCUT2D eigenvalue weighted by Gasteiger charge is -2.22. The van der Waals surface area contributed by atoms with Crippen molar-refractivity contribution in [1.29, 1.82) is 0 Å². The molecule has 6 bridgehead atoms. The van der Waals surface area contributed by atoms with Crippen LogP contribution >= 0.6 is 11.3 Å². The molecule has 5 atom stereocenters. The van der Waals surface area contributed by atoms with Crippen LogP contribution in [0, 0.1) is 5.92 Å². The maximum atomic E-state index is 13.3. The van der Waals surface area contributed by atoms with Gasteiger partial charge >= 0.3 is 0 Å². The Hall–Kier alpha value is -4.06. The predicted octanol–water partition coefficient (Wildman–Crippen LogP) is 2.98. The summed E-state index contributed by atoms with van der Waals surface area (Å²) in [6.07, 6.45) is 2.45. The zero-order valence-electron chi connectivity index (χ0n) is 21.8. The molecule has 1 aromatic carbocycles. The molecule has 11 nitrogen and oxygen atoms in total. The fourth-order valence-electron chi connectivity index (χ4n) is 4.39. The molecule has 0 radical (unpaired) electrons. The predicted molar refractivity (Wildman–Crippen MR) is 143 cm³/mol. The monoisotopic (exact) mass is 550 g/mol. The van der Waals surface area contributed by atoms with Crippen molar-refractivity contribution in [2.45, 2.75) is 57.8 Å². The molecule has 39 heavy (non-hydrogen) atoms. The Kier molecular flexibility index (Phi) is 7.73. The first kappa shape index (κ1) is 26.5. The number of thiazole rings is 1. The molecule has 3 N–H and O–H groups in total. The summed E-state index contributed by atoms with van der Waals surface area (Å²) in [5, 5.41) is 11.1. The van der Waals surface area contributed by atoms with Crippen LogP contribution in [0.3, 0.4) is 0 Å². The summed E-state index contributed by atoms with van der Waals surface area (Å²) in [6.45, 7) is 5.77. The van der Waals surface area contributed by atoms with Crippen molar-refractivity contribution in [2.75, 3.05) is 6.61 Å². The Morgan fingerprint density at radius 2 is 1.82 bits per heavy atom. The summed E-state index contributed by atoms with van der Waals surface area (Å²) in [5.74, 6) is -0.702. The van der Waals surface area contributed by atoms with Gasteiger partial charge in [0.15, 0.2) is 11.7 Å². The van der Waals surface area contributed by atoms with E-state index in [0.29, 0.717) is 11.4 Å². The maximum Gasteiger partial charge on any atom is 0.273 e. The highest BCUT2D eigenvalue weighted by Crippen LogP contribution is 2.28. The number of aromatic nitrogens is 2. The van der Waals surface area contributed by atoms with Gasteiger partial charge in [0.2, 0.25) is 17.7 Å². The molecule has 2 aliphatic rings. The molecule has 4 heterocycles. The molecule has 3 aromatic rings. The molecule has 204 valence electrons. The minimum Gasteiger partial charge on any atom is -0.477 e. The number of ether oxygens (including phenoxy) is 1. The lowest BCUT2D eigenvalue weighted by molar-refractivity contribution is -0.123. The van der Waals surface area contributed by atoms with Crippen molar-refractivity contribution in [1.82, 2.24) is 25.9 Å². The van der Waals surface area contributed by atoms with E-state index in [0.717, 1.165) is 12.0 Å². The van der Waals surface area contributed by atoms with Gasteiger partial charge in [0.25, 0.3) is 11.8 Å². The number of nitrogens with one attached hydrogen (secondary N) is 3. The Morgan fingerprint density at radius 3 is 2.59 bits per heavy atom. The first-order chi connectivity index (χ1) is 18.8. The highest BCUT2D eigenvalue weighted by atomic mass is 32.1. The summed E-state index contributed by atoms with van der Waals surface area (Å²) in [5.41, 5.74) is 1.28. The van der Waals surface area contributed by atoms with Gasteiger partial charge in [-0.3, -0.25) is 14.4 Å². The number of nitrogens with zero attached hydrogens (tertiary/aromatic N) is 3. The fourth-order valence-corrected chi connectivity index (χ4v) is 5.38. The summed E-state index contributed by atoms with van der Waals surface area (Å²) >= 11 is 1.30. The average molecular weight is 551 g/mol. The van der Waals surface area contributed by atoms with E-state index in [2.05, 4.69) is 30.9 Å². The second-order valence-electron chi connectivity index (χ2n) is 9.72. The van der Waals surface area contributed by atoms with Crippen LogP contribution in [0.15, 0.2) is 51.4 Å². The summed E-state index contributed by atoms with van der Waals surface area (Å²) in [7, 11) is 0. The van der Waals surface area contributed by atoms with Crippen LogP contribution in [0.2, 0.25) is 0 Å². The number of hydrogen-bond acceptors (Lipinski definition) is 9. The van der Waals surface area contributed by atoms with E-state index < -0.39 is 36.0 Å². The van der Waals surface area contributed by atoms with Crippen molar-refractivity contribution >= 4 is 35.0 Å². The van der Waals surface area contributed by atoms with E-state index in [1.807, 2.05) is 44.2 Å². The van der Waals surface area contributed by atoms with Crippen LogP contribution in [0.5, 0.6) is 0 Å². The number of benzene rings is 1. The minimum atomic E-state index is -0.809. The van der Waals surface area contributed by atoms with Gasteiger partial charge in [-0.25, -0.2) is 15.0 Å². The van der Waals surface area contributed by atoms with Gasteiger partial charge in [0, 0.05) is 11.8 Å². The average Bonchev–Trinajstić information content (AvgIpc) is 3.72. The molecule has 12 heteroatoms. The van der Waals surface area contributed by atoms with Gasteiger partial charge in [-0.2, -0.15) is 0 Å². The van der Waals surface area contributed by atoms with E-state index in [1.165, 1.54) is 17.6 Å². The normalized spacial score (nSPS) is 24.4. The lowest BCUT2D eigenvalue weighted by atomic mass is 9.99. The van der Waals surface area contributed by atoms with Crippen LogP contribution < -0.4 is 16.0 Å². The lowest BCUT2D eigenvalue weighted by Crippen LogP contribution is -2.43. The first-order valence-corrected chi connectivity index (χ1v) is 13.8. The highest BCUT2D eigenvalue weighted by molar-refractivity contribution is 7.09. The number of hydrogen-bond donors (Lipinski definition) is 3. The number of oxazole rings is 1. The zero-order valence-corrected chi connectivity index (χ0v) is 22.7. The van der Waals surface area contributed by atoms with E-state index in [1.54, 1.807) is 12.3 Å². The third kappa shape index (κ3) is 5.85. The van der Waals surface area contributed by atoms with E-state index in [-0.39, 0.29) is 41.6 Å². The number of carbonyl (C=O) groups excluding carboxylic acids is 3. The maximum absolute atomic E-state index is 13.3. The van der Waals surface area contributed by atoms with E-state index in [9.17, 15) is 14.4 Å². The van der Waals surface area contributed by atoms with Crippen LogP contribution in [-0.2, 0) is 16.0 Å². The molecule has 5 unspecified atom stereocenters. The van der Waals surface area contributed by atoms with Crippen LogP contribution in [0.25, 0.3) is 0 Å². The third-order valence-corrected chi connectivity index (χ3v) is 7.79. The summed E-state index contributed by atoms with van der Waals surface area (Å²) in [6, 6.07) is 7.17. The molecule has 3 amide bonds. The molecule has 0 saturated carbocycles. The molecule has 0 spiro atoms. The Bertz CT molecular complexity index is 1390. The SMILES string of the molecule is CCC(C)C1NC(=O)c2coc(n2)C(C)NC(=O)C2COC(=N2)C(Cc2ccccc2)NC(=O)c2csc1n2. The fraction of sp³-hybridized carbons (Fsp3) is 0.407. The molecular formula is C27H30N6O5S. The zero-order chi connectivity index (χ0) is 27.5. The Labute approximate surface area is 229 Å². The minimum absolute atomic E-state index is 0.0335. The number of aliphatic imine (C=N–C) groups is 1. The quantitative estimate of drug-likeness (QED) is 0.452. The number of rotatable bonds is 4. The topological polar surface area (TPSA) is 148 Å². The smallest absolute Gasteiger partial charge is 0.273 e. The highest BCUT2D eigenvalue weighted by Gasteiger charge is 2.34. The number of carbonyl (C=O) groups is 3. The summed E-state index contributed by atoms with van der Waals surface area (Å²) in [4.78, 5) is 52.8. The molecule has 2 aromatic heterocycles. The van der Waals surface area contributed by atoms with E-state index >= 15 is 0 Å².